The lowest BCUT2D eigenvalue weighted by Gasteiger charge is -2.14. The zero-order valence-corrected chi connectivity index (χ0v) is 23.6. The standard InChI is InChI=1S/C40H25NS/c1-3-11-26(12-4-1)28-23-29(27-13-5-2-6-14-27)25-30(24-28)41-35-17-9-7-15-33(35)39-31-20-22-38-40(32(31)19-21-36(39)41)34-16-8-10-18-37(34)42-38/h1-25H. The van der Waals surface area contributed by atoms with Crippen LogP contribution in [-0.2, 0) is 0 Å². The van der Waals surface area contributed by atoms with Crippen LogP contribution in [0.5, 0.6) is 0 Å². The molecular weight excluding hydrogens is 527 g/mol. The number of hydrogen-bond donors (Lipinski definition) is 0. The normalized spacial score (nSPS) is 11.8. The zero-order chi connectivity index (χ0) is 27.6. The molecule has 0 spiro atoms. The van der Waals surface area contributed by atoms with E-state index in [0.717, 1.165) is 0 Å². The molecule has 2 heteroatoms. The molecule has 0 aliphatic carbocycles. The van der Waals surface area contributed by atoms with Crippen molar-refractivity contribution in [1.29, 1.82) is 0 Å². The molecule has 2 aromatic heterocycles. The van der Waals surface area contributed by atoms with Gasteiger partial charge in [-0.25, -0.2) is 0 Å². The van der Waals surface area contributed by atoms with E-state index in [-0.39, 0.29) is 0 Å². The molecule has 9 rings (SSSR count). The van der Waals surface area contributed by atoms with Gasteiger partial charge in [0.05, 0.1) is 11.0 Å². The van der Waals surface area contributed by atoms with Gasteiger partial charge >= 0.3 is 0 Å². The Bertz CT molecular complexity index is 2390. The number of benzene rings is 7. The minimum absolute atomic E-state index is 1.17. The fourth-order valence-electron chi connectivity index (χ4n) is 6.71. The van der Waals surface area contributed by atoms with Gasteiger partial charge in [0.1, 0.15) is 0 Å². The number of rotatable bonds is 3. The molecular formula is C40H25NS. The highest BCUT2D eigenvalue weighted by Gasteiger charge is 2.18. The van der Waals surface area contributed by atoms with Crippen LogP contribution in [0.3, 0.4) is 0 Å². The fraction of sp³-hybridized carbons (Fsp3) is 0. The van der Waals surface area contributed by atoms with Gasteiger partial charge in [-0.05, 0) is 75.5 Å². The second kappa shape index (κ2) is 9.17. The molecule has 2 heterocycles. The number of hydrogen-bond acceptors (Lipinski definition) is 1. The first-order chi connectivity index (χ1) is 20.8. The summed E-state index contributed by atoms with van der Waals surface area (Å²) in [7, 11) is 0. The number of aromatic nitrogens is 1. The number of para-hydroxylation sites is 1. The first kappa shape index (κ1) is 23.5. The Balaban J connectivity index is 1.39. The van der Waals surface area contributed by atoms with Gasteiger partial charge in [-0.3, -0.25) is 0 Å². The topological polar surface area (TPSA) is 4.93 Å². The van der Waals surface area contributed by atoms with E-state index in [1.54, 1.807) is 0 Å². The summed E-state index contributed by atoms with van der Waals surface area (Å²) < 4.78 is 5.14. The summed E-state index contributed by atoms with van der Waals surface area (Å²) in [4.78, 5) is 0. The second-order valence-corrected chi connectivity index (χ2v) is 12.0. The lowest BCUT2D eigenvalue weighted by atomic mass is 9.98. The van der Waals surface area contributed by atoms with Crippen LogP contribution < -0.4 is 0 Å². The highest BCUT2D eigenvalue weighted by Crippen LogP contribution is 2.43. The van der Waals surface area contributed by atoms with Gasteiger partial charge in [-0.15, -0.1) is 11.3 Å². The van der Waals surface area contributed by atoms with Crippen LogP contribution in [0, 0.1) is 0 Å². The van der Waals surface area contributed by atoms with Gasteiger partial charge in [0.15, 0.2) is 0 Å². The average molecular weight is 552 g/mol. The minimum Gasteiger partial charge on any atom is -0.309 e. The third-order valence-electron chi connectivity index (χ3n) is 8.56. The molecule has 0 atom stereocenters. The van der Waals surface area contributed by atoms with E-state index in [4.69, 9.17) is 0 Å². The summed E-state index contributed by atoms with van der Waals surface area (Å²) in [6.07, 6.45) is 0. The predicted octanol–water partition coefficient (Wildman–Crippen LogP) is 11.6. The second-order valence-electron chi connectivity index (χ2n) is 10.9. The van der Waals surface area contributed by atoms with E-state index in [2.05, 4.69) is 156 Å². The molecule has 42 heavy (non-hydrogen) atoms. The molecule has 196 valence electrons. The molecule has 7 aromatic carbocycles. The fourth-order valence-corrected chi connectivity index (χ4v) is 7.83. The Kier molecular flexibility index (Phi) is 5.13. The highest BCUT2D eigenvalue weighted by molar-refractivity contribution is 7.26. The largest absolute Gasteiger partial charge is 0.309 e. The van der Waals surface area contributed by atoms with Crippen molar-refractivity contribution in [3.63, 3.8) is 0 Å². The van der Waals surface area contributed by atoms with E-state index in [1.165, 1.54) is 80.7 Å². The lowest BCUT2D eigenvalue weighted by Crippen LogP contribution is -1.96. The SMILES string of the molecule is c1ccc(-c2cc(-c3ccccc3)cc(-n3c4ccccc4c4c5ccc6sc7ccccc7c6c5ccc43)c2)cc1. The number of thiophene rings is 1. The first-order valence-electron chi connectivity index (χ1n) is 14.4. The van der Waals surface area contributed by atoms with Crippen LogP contribution in [0.1, 0.15) is 0 Å². The molecule has 0 aliphatic rings. The Morgan fingerprint density at radius 3 is 1.69 bits per heavy atom. The summed E-state index contributed by atoms with van der Waals surface area (Å²) in [5.41, 5.74) is 8.48. The van der Waals surface area contributed by atoms with E-state index in [0.29, 0.717) is 0 Å². The van der Waals surface area contributed by atoms with Crippen molar-refractivity contribution >= 4 is 64.1 Å². The van der Waals surface area contributed by atoms with E-state index >= 15 is 0 Å². The van der Waals surface area contributed by atoms with E-state index in [9.17, 15) is 0 Å². The quantitative estimate of drug-likeness (QED) is 0.206. The van der Waals surface area contributed by atoms with Gasteiger partial charge in [-0.1, -0.05) is 109 Å². The highest BCUT2D eigenvalue weighted by atomic mass is 32.1. The Morgan fingerprint density at radius 1 is 0.357 bits per heavy atom. The van der Waals surface area contributed by atoms with Crippen molar-refractivity contribution < 1.29 is 0 Å². The van der Waals surface area contributed by atoms with Gasteiger partial charge < -0.3 is 4.57 Å². The molecule has 1 nitrogen and oxygen atoms in total. The van der Waals surface area contributed by atoms with Gasteiger partial charge in [0, 0.05) is 36.6 Å². The molecule has 0 N–H and O–H groups in total. The molecule has 0 fully saturated rings. The van der Waals surface area contributed by atoms with Crippen molar-refractivity contribution in [1.82, 2.24) is 4.57 Å². The summed E-state index contributed by atoms with van der Waals surface area (Å²) >= 11 is 1.88. The van der Waals surface area contributed by atoms with Crippen LogP contribution in [0.4, 0.5) is 0 Å². The molecule has 9 aromatic rings. The molecule has 0 unspecified atom stereocenters. The van der Waals surface area contributed by atoms with Crippen LogP contribution in [0.25, 0.3) is 80.7 Å². The van der Waals surface area contributed by atoms with Gasteiger partial charge in [0.2, 0.25) is 0 Å². The Labute approximate surface area is 247 Å². The summed E-state index contributed by atoms with van der Waals surface area (Å²) in [5, 5.41) is 7.93. The Morgan fingerprint density at radius 2 is 0.952 bits per heavy atom. The summed E-state index contributed by atoms with van der Waals surface area (Å²) in [6, 6.07) is 55.4. The predicted molar refractivity (Wildman–Crippen MR) is 182 cm³/mol. The molecule has 0 saturated carbocycles. The van der Waals surface area contributed by atoms with Crippen molar-refractivity contribution in [3.05, 3.63) is 152 Å². The van der Waals surface area contributed by atoms with Crippen LogP contribution in [0.15, 0.2) is 152 Å². The number of fused-ring (bicyclic) bond motifs is 9. The van der Waals surface area contributed by atoms with E-state index < -0.39 is 0 Å². The monoisotopic (exact) mass is 551 g/mol. The van der Waals surface area contributed by atoms with Crippen LogP contribution in [0.2, 0.25) is 0 Å². The zero-order valence-electron chi connectivity index (χ0n) is 22.8. The molecule has 0 saturated heterocycles. The van der Waals surface area contributed by atoms with Crippen molar-refractivity contribution in [2.24, 2.45) is 0 Å². The maximum absolute atomic E-state index is 2.46. The molecule has 0 amide bonds. The van der Waals surface area contributed by atoms with E-state index in [1.807, 2.05) is 11.3 Å². The smallest absolute Gasteiger partial charge is 0.0547 e. The average Bonchev–Trinajstić information content (AvgIpc) is 3.61. The lowest BCUT2D eigenvalue weighted by molar-refractivity contribution is 1.18. The third kappa shape index (κ3) is 3.49. The molecule has 0 radical (unpaired) electrons. The third-order valence-corrected chi connectivity index (χ3v) is 9.70. The van der Waals surface area contributed by atoms with Crippen molar-refractivity contribution in [3.8, 4) is 27.9 Å². The van der Waals surface area contributed by atoms with Crippen molar-refractivity contribution in [2.75, 3.05) is 0 Å². The maximum Gasteiger partial charge on any atom is 0.0547 e. The Hall–Kier alpha value is -5.18. The summed E-state index contributed by atoms with van der Waals surface area (Å²) in [5.74, 6) is 0. The number of nitrogens with zero attached hydrogens (tertiary/aromatic N) is 1. The van der Waals surface area contributed by atoms with Gasteiger partial charge in [0.25, 0.3) is 0 Å². The first-order valence-corrected chi connectivity index (χ1v) is 15.2. The van der Waals surface area contributed by atoms with Gasteiger partial charge in [-0.2, -0.15) is 0 Å². The molecule has 0 bridgehead atoms. The van der Waals surface area contributed by atoms with Crippen molar-refractivity contribution in [2.45, 2.75) is 0 Å². The molecule has 0 aliphatic heterocycles. The van der Waals surface area contributed by atoms with Crippen LogP contribution in [-0.4, -0.2) is 4.57 Å². The summed E-state index contributed by atoms with van der Waals surface area (Å²) in [6.45, 7) is 0. The van der Waals surface area contributed by atoms with Crippen LogP contribution >= 0.6 is 11.3 Å². The maximum atomic E-state index is 2.46. The minimum atomic E-state index is 1.17.